The number of benzene rings is 2. The van der Waals surface area contributed by atoms with Crippen molar-refractivity contribution < 1.29 is 9.47 Å². The molecule has 0 aromatic heterocycles. The van der Waals surface area contributed by atoms with E-state index in [1.165, 1.54) is 28.7 Å². The van der Waals surface area contributed by atoms with Crippen molar-refractivity contribution in [2.24, 2.45) is 5.92 Å². The van der Waals surface area contributed by atoms with Crippen LogP contribution in [0.4, 0.5) is 0 Å². The highest BCUT2D eigenvalue weighted by Crippen LogP contribution is 2.59. The highest BCUT2D eigenvalue weighted by molar-refractivity contribution is 5.52. The van der Waals surface area contributed by atoms with Gasteiger partial charge in [-0.2, -0.15) is 0 Å². The molecule has 1 fully saturated rings. The van der Waals surface area contributed by atoms with Gasteiger partial charge in [-0.15, -0.1) is 0 Å². The monoisotopic (exact) mass is 296 g/mol. The average Bonchev–Trinajstić information content (AvgIpc) is 3.19. The van der Waals surface area contributed by atoms with Crippen LogP contribution in [-0.2, 0) is 5.41 Å². The second-order valence-corrected chi connectivity index (χ2v) is 6.45. The molecule has 1 atom stereocenters. The van der Waals surface area contributed by atoms with E-state index in [2.05, 4.69) is 57.2 Å². The van der Waals surface area contributed by atoms with Gasteiger partial charge in [-0.1, -0.05) is 31.2 Å². The van der Waals surface area contributed by atoms with E-state index in [-0.39, 0.29) is 5.41 Å². The Morgan fingerprint density at radius 3 is 1.55 bits per heavy atom. The minimum absolute atomic E-state index is 0.147. The van der Waals surface area contributed by atoms with E-state index in [1.807, 2.05) is 0 Å². The van der Waals surface area contributed by atoms with Gasteiger partial charge >= 0.3 is 0 Å². The maximum atomic E-state index is 5.40. The van der Waals surface area contributed by atoms with Gasteiger partial charge in [-0.3, -0.25) is 0 Å². The molecule has 0 saturated heterocycles. The topological polar surface area (TPSA) is 18.5 Å². The summed E-state index contributed by atoms with van der Waals surface area (Å²) in [5.41, 5.74) is 5.33. The molecule has 0 radical (unpaired) electrons. The largest absolute Gasteiger partial charge is 0.496 e. The van der Waals surface area contributed by atoms with Crippen LogP contribution >= 0.6 is 0 Å². The van der Waals surface area contributed by atoms with Crippen LogP contribution in [0.1, 0.15) is 35.6 Å². The van der Waals surface area contributed by atoms with Crippen LogP contribution in [0, 0.1) is 19.8 Å². The predicted octanol–water partition coefficient (Wildman–Crippen LogP) is 4.65. The number of aryl methyl sites for hydroxylation is 2. The third kappa shape index (κ3) is 2.18. The summed E-state index contributed by atoms with van der Waals surface area (Å²) in [5, 5.41) is 0. The van der Waals surface area contributed by atoms with Crippen molar-refractivity contribution in [3.05, 3.63) is 58.7 Å². The van der Waals surface area contributed by atoms with Gasteiger partial charge in [0.05, 0.1) is 14.2 Å². The fourth-order valence-corrected chi connectivity index (χ4v) is 3.71. The van der Waals surface area contributed by atoms with Crippen molar-refractivity contribution in [1.82, 2.24) is 0 Å². The van der Waals surface area contributed by atoms with E-state index in [0.29, 0.717) is 5.92 Å². The van der Waals surface area contributed by atoms with Crippen molar-refractivity contribution in [2.75, 3.05) is 14.2 Å². The van der Waals surface area contributed by atoms with Crippen LogP contribution in [0.25, 0.3) is 0 Å². The zero-order valence-electron chi connectivity index (χ0n) is 14.1. The molecular weight excluding hydrogens is 272 g/mol. The lowest BCUT2D eigenvalue weighted by molar-refractivity contribution is 0.411. The Kier molecular flexibility index (Phi) is 3.64. The maximum Gasteiger partial charge on any atom is 0.121 e. The third-order valence-electron chi connectivity index (χ3n) is 5.13. The van der Waals surface area contributed by atoms with Crippen molar-refractivity contribution >= 4 is 0 Å². The van der Waals surface area contributed by atoms with E-state index in [9.17, 15) is 0 Å². The summed E-state index contributed by atoms with van der Waals surface area (Å²) in [6, 6.07) is 13.2. The van der Waals surface area contributed by atoms with Gasteiger partial charge in [-0.05, 0) is 60.6 Å². The highest BCUT2D eigenvalue weighted by Gasteiger charge is 2.53. The molecule has 0 N–H and O–H groups in total. The van der Waals surface area contributed by atoms with Gasteiger partial charge in [0.25, 0.3) is 0 Å². The van der Waals surface area contributed by atoms with Crippen LogP contribution in [0.2, 0.25) is 0 Å². The zero-order chi connectivity index (χ0) is 15.9. The molecule has 116 valence electrons. The molecule has 2 heteroatoms. The Morgan fingerprint density at radius 2 is 1.27 bits per heavy atom. The van der Waals surface area contributed by atoms with Crippen molar-refractivity contribution in [2.45, 2.75) is 32.6 Å². The molecule has 1 aliphatic rings. The normalized spacial score (nSPS) is 18.9. The SMILES string of the molecule is COc1ccc(C2(c3ccc(OC)c(C)c3)CC2C)cc1C. The Balaban J connectivity index is 2.06. The first-order valence-corrected chi connectivity index (χ1v) is 7.83. The van der Waals surface area contributed by atoms with Crippen LogP contribution in [0.3, 0.4) is 0 Å². The second kappa shape index (κ2) is 5.35. The minimum atomic E-state index is 0.147. The van der Waals surface area contributed by atoms with Gasteiger partial charge in [-0.25, -0.2) is 0 Å². The Morgan fingerprint density at radius 1 is 0.864 bits per heavy atom. The lowest BCUT2D eigenvalue weighted by Gasteiger charge is -2.21. The average molecular weight is 296 g/mol. The smallest absolute Gasteiger partial charge is 0.121 e. The molecule has 22 heavy (non-hydrogen) atoms. The third-order valence-corrected chi connectivity index (χ3v) is 5.13. The lowest BCUT2D eigenvalue weighted by Crippen LogP contribution is -2.12. The summed E-state index contributed by atoms with van der Waals surface area (Å²) in [7, 11) is 3.45. The van der Waals surface area contributed by atoms with E-state index >= 15 is 0 Å². The predicted molar refractivity (Wildman–Crippen MR) is 90.0 cm³/mol. The van der Waals surface area contributed by atoms with Gasteiger partial charge in [0.1, 0.15) is 11.5 Å². The van der Waals surface area contributed by atoms with Crippen LogP contribution < -0.4 is 9.47 Å². The molecule has 0 aliphatic heterocycles. The lowest BCUT2D eigenvalue weighted by atomic mass is 9.84. The quantitative estimate of drug-likeness (QED) is 0.818. The van der Waals surface area contributed by atoms with Gasteiger partial charge in [0.15, 0.2) is 0 Å². The van der Waals surface area contributed by atoms with E-state index in [0.717, 1.165) is 11.5 Å². The minimum Gasteiger partial charge on any atom is -0.496 e. The van der Waals surface area contributed by atoms with Crippen molar-refractivity contribution in [3.63, 3.8) is 0 Å². The highest BCUT2D eigenvalue weighted by atomic mass is 16.5. The summed E-state index contributed by atoms with van der Waals surface area (Å²) in [4.78, 5) is 0. The van der Waals surface area contributed by atoms with Gasteiger partial charge in [0.2, 0.25) is 0 Å². The standard InChI is InChI=1S/C20H24O2/c1-13-10-16(6-8-18(13)21-4)20(12-15(20)3)17-7-9-19(22-5)14(2)11-17/h6-11,15H,12H2,1-5H3. The zero-order valence-corrected chi connectivity index (χ0v) is 14.1. The van der Waals surface area contributed by atoms with Crippen LogP contribution in [0.5, 0.6) is 11.5 Å². The fraction of sp³-hybridized carbons (Fsp3) is 0.400. The van der Waals surface area contributed by atoms with Gasteiger partial charge in [0, 0.05) is 5.41 Å². The first-order chi connectivity index (χ1) is 10.5. The van der Waals surface area contributed by atoms with Crippen LogP contribution in [0.15, 0.2) is 36.4 Å². The maximum absolute atomic E-state index is 5.40. The first-order valence-electron chi connectivity index (χ1n) is 7.83. The van der Waals surface area contributed by atoms with E-state index < -0.39 is 0 Å². The van der Waals surface area contributed by atoms with E-state index in [1.54, 1.807) is 14.2 Å². The second-order valence-electron chi connectivity index (χ2n) is 6.45. The molecule has 1 aliphatic carbocycles. The molecule has 0 bridgehead atoms. The number of hydrogen-bond acceptors (Lipinski definition) is 2. The Bertz CT molecular complexity index is 649. The number of ether oxygens (including phenoxy) is 2. The molecule has 3 rings (SSSR count). The van der Waals surface area contributed by atoms with Crippen molar-refractivity contribution in [1.29, 1.82) is 0 Å². The number of hydrogen-bond donors (Lipinski definition) is 0. The van der Waals surface area contributed by atoms with E-state index in [4.69, 9.17) is 9.47 Å². The molecule has 2 aromatic rings. The number of methoxy groups -OCH3 is 2. The van der Waals surface area contributed by atoms with Crippen LogP contribution in [-0.4, -0.2) is 14.2 Å². The first kappa shape index (κ1) is 15.0. The number of rotatable bonds is 4. The summed E-state index contributed by atoms with van der Waals surface area (Å²) >= 11 is 0. The summed E-state index contributed by atoms with van der Waals surface area (Å²) < 4.78 is 10.8. The molecular formula is C20H24O2. The molecule has 1 saturated carbocycles. The molecule has 0 heterocycles. The molecule has 2 aromatic carbocycles. The summed E-state index contributed by atoms with van der Waals surface area (Å²) in [5.74, 6) is 2.57. The summed E-state index contributed by atoms with van der Waals surface area (Å²) in [6.07, 6.45) is 1.20. The molecule has 0 amide bonds. The molecule has 0 spiro atoms. The molecule has 2 nitrogen and oxygen atoms in total. The summed E-state index contributed by atoms with van der Waals surface area (Å²) in [6.45, 7) is 6.56. The van der Waals surface area contributed by atoms with Crippen molar-refractivity contribution in [3.8, 4) is 11.5 Å². The van der Waals surface area contributed by atoms with Gasteiger partial charge < -0.3 is 9.47 Å². The Labute approximate surface area is 133 Å². The molecule has 1 unspecified atom stereocenters. The fourth-order valence-electron chi connectivity index (χ4n) is 3.71. The Hall–Kier alpha value is -1.96.